The molecule has 0 radical (unpaired) electrons. The molecule has 0 aliphatic carbocycles. The molecule has 0 amide bonds. The Morgan fingerprint density at radius 3 is 2.47 bits per heavy atom. The van der Waals surface area contributed by atoms with Crippen molar-refractivity contribution in [2.24, 2.45) is 0 Å². The van der Waals surface area contributed by atoms with E-state index in [2.05, 4.69) is 47.8 Å². The van der Waals surface area contributed by atoms with Gasteiger partial charge in [0.1, 0.15) is 0 Å². The molecule has 0 aromatic heterocycles. The molecule has 0 heterocycles. The van der Waals surface area contributed by atoms with E-state index in [1.807, 2.05) is 24.3 Å². The van der Waals surface area contributed by atoms with E-state index in [1.54, 1.807) is 0 Å². The summed E-state index contributed by atoms with van der Waals surface area (Å²) in [6.45, 7) is 0. The summed E-state index contributed by atoms with van der Waals surface area (Å²) < 4.78 is 2.62. The molecule has 0 aliphatic rings. The van der Waals surface area contributed by atoms with Gasteiger partial charge in [-0.15, -0.1) is 0 Å². The summed E-state index contributed by atoms with van der Waals surface area (Å²) in [5.74, 6) is 0. The van der Waals surface area contributed by atoms with Gasteiger partial charge >= 0.3 is 0 Å². The van der Waals surface area contributed by atoms with Gasteiger partial charge in [0.2, 0.25) is 0 Å². The van der Waals surface area contributed by atoms with E-state index >= 15 is 0 Å². The lowest BCUT2D eigenvalue weighted by molar-refractivity contribution is 0.112. The molecule has 76 valence electrons. The van der Waals surface area contributed by atoms with Crippen molar-refractivity contribution in [1.29, 1.82) is 0 Å². The van der Waals surface area contributed by atoms with Gasteiger partial charge in [0, 0.05) is 19.0 Å². The molecule has 0 bridgehead atoms. The van der Waals surface area contributed by atoms with E-state index in [4.69, 9.17) is 0 Å². The van der Waals surface area contributed by atoms with Gasteiger partial charge < -0.3 is 0 Å². The average molecular weight is 393 g/mol. The zero-order valence-corrected chi connectivity index (χ0v) is 12.2. The first-order valence-corrected chi connectivity index (χ1v) is 6.54. The van der Waals surface area contributed by atoms with Crippen LogP contribution in [0.25, 0.3) is 10.8 Å². The van der Waals surface area contributed by atoms with E-state index in [9.17, 15) is 4.79 Å². The van der Waals surface area contributed by atoms with Crippen molar-refractivity contribution in [3.8, 4) is 0 Å². The van der Waals surface area contributed by atoms with Crippen LogP contribution in [0.2, 0.25) is 0 Å². The maximum absolute atomic E-state index is 10.9. The van der Waals surface area contributed by atoms with E-state index in [-0.39, 0.29) is 0 Å². The Bertz CT molecular complexity index is 549. The first-order valence-electron chi connectivity index (χ1n) is 4.16. The fraction of sp³-hybridized carbons (Fsp3) is 0. The number of fused-ring (bicyclic) bond motifs is 1. The quantitative estimate of drug-likeness (QED) is 0.628. The van der Waals surface area contributed by atoms with Crippen molar-refractivity contribution in [2.75, 3.05) is 0 Å². The topological polar surface area (TPSA) is 17.1 Å². The number of carbonyl (C=O) groups excluding carboxylic acids is 1. The fourth-order valence-electron chi connectivity index (χ4n) is 1.42. The van der Waals surface area contributed by atoms with Crippen LogP contribution in [0.5, 0.6) is 0 Å². The second-order valence-corrected chi connectivity index (χ2v) is 5.63. The van der Waals surface area contributed by atoms with Gasteiger partial charge in [0.05, 0.1) is 0 Å². The molecule has 0 atom stereocenters. The zero-order valence-electron chi connectivity index (χ0n) is 7.43. The lowest BCUT2D eigenvalue weighted by Gasteiger charge is -2.06. The summed E-state index contributed by atoms with van der Waals surface area (Å²) in [6, 6.07) is 7.90. The summed E-state index contributed by atoms with van der Waals surface area (Å²) in [5.41, 5.74) is 0.639. The molecule has 15 heavy (non-hydrogen) atoms. The summed E-state index contributed by atoms with van der Waals surface area (Å²) in [5, 5.41) is 2.11. The Kier molecular flexibility index (Phi) is 3.28. The Hall–Kier alpha value is -0.190. The van der Waals surface area contributed by atoms with Crippen molar-refractivity contribution < 1.29 is 4.79 Å². The van der Waals surface area contributed by atoms with Crippen molar-refractivity contribution in [3.05, 3.63) is 43.2 Å². The van der Waals surface area contributed by atoms with E-state index < -0.39 is 0 Å². The minimum absolute atomic E-state index is 0.639. The van der Waals surface area contributed by atoms with E-state index in [0.717, 1.165) is 30.5 Å². The number of hydrogen-bond donors (Lipinski definition) is 0. The number of benzene rings is 2. The molecule has 4 heteroatoms. The van der Waals surface area contributed by atoms with Crippen molar-refractivity contribution >= 4 is 64.8 Å². The van der Waals surface area contributed by atoms with Gasteiger partial charge in [0.15, 0.2) is 6.29 Å². The van der Waals surface area contributed by atoms with Crippen LogP contribution in [-0.2, 0) is 0 Å². The zero-order chi connectivity index (χ0) is 11.0. The van der Waals surface area contributed by atoms with Crippen LogP contribution in [0.1, 0.15) is 10.4 Å². The Balaban J connectivity index is 2.92. The lowest BCUT2D eigenvalue weighted by atomic mass is 10.1. The van der Waals surface area contributed by atoms with Gasteiger partial charge in [-0.3, -0.25) is 4.79 Å². The maximum atomic E-state index is 10.9. The molecule has 0 aliphatic heterocycles. The molecular weight excluding hydrogens is 388 g/mol. The van der Waals surface area contributed by atoms with Crippen LogP contribution in [0, 0.1) is 0 Å². The largest absolute Gasteiger partial charge is 0.298 e. The molecule has 0 unspecified atom stereocenters. The second kappa shape index (κ2) is 4.36. The van der Waals surface area contributed by atoms with Gasteiger partial charge in [-0.2, -0.15) is 0 Å². The molecule has 2 rings (SSSR count). The maximum Gasteiger partial charge on any atom is 0.152 e. The Morgan fingerprint density at radius 2 is 1.80 bits per heavy atom. The second-order valence-electron chi connectivity index (χ2n) is 3.07. The number of hydrogen-bond acceptors (Lipinski definition) is 1. The summed E-state index contributed by atoms with van der Waals surface area (Å²) in [4.78, 5) is 10.9. The molecule has 2 aromatic rings. The normalized spacial score (nSPS) is 10.6. The van der Waals surface area contributed by atoms with Crippen LogP contribution < -0.4 is 0 Å². The Labute approximate surface area is 112 Å². The van der Waals surface area contributed by atoms with Gasteiger partial charge in [-0.25, -0.2) is 0 Å². The summed E-state index contributed by atoms with van der Waals surface area (Å²) in [6.07, 6.45) is 0.842. The smallest absolute Gasteiger partial charge is 0.152 e. The van der Waals surface area contributed by atoms with Crippen LogP contribution in [0.15, 0.2) is 37.7 Å². The molecule has 0 spiro atoms. The molecule has 0 saturated heterocycles. The van der Waals surface area contributed by atoms with Crippen molar-refractivity contribution in [1.82, 2.24) is 0 Å². The highest BCUT2D eigenvalue weighted by Gasteiger charge is 2.09. The molecule has 0 saturated carbocycles. The monoisotopic (exact) mass is 390 g/mol. The predicted molar refractivity (Wildman–Crippen MR) is 72.4 cm³/mol. The van der Waals surface area contributed by atoms with Crippen LogP contribution in [0.4, 0.5) is 0 Å². The Morgan fingerprint density at radius 1 is 1.07 bits per heavy atom. The third kappa shape index (κ3) is 2.03. The third-order valence-corrected chi connectivity index (χ3v) is 4.15. The predicted octanol–water partition coefficient (Wildman–Crippen LogP) is 4.94. The average Bonchev–Trinajstić information content (AvgIpc) is 2.20. The van der Waals surface area contributed by atoms with Gasteiger partial charge in [0.25, 0.3) is 0 Å². The minimum Gasteiger partial charge on any atom is -0.298 e. The van der Waals surface area contributed by atoms with Crippen molar-refractivity contribution in [2.45, 2.75) is 0 Å². The number of rotatable bonds is 1. The fourth-order valence-corrected chi connectivity index (χ4v) is 3.23. The molecular formula is C11H5Br3O. The lowest BCUT2D eigenvalue weighted by Crippen LogP contribution is -1.87. The van der Waals surface area contributed by atoms with Gasteiger partial charge in [-0.05, 0) is 60.8 Å². The first-order chi connectivity index (χ1) is 7.13. The van der Waals surface area contributed by atoms with Crippen LogP contribution in [-0.4, -0.2) is 6.29 Å². The standard InChI is InChI=1S/C11H5Br3O/c12-7-2-1-6-3-10(13)9(5-15)11(14)8(6)4-7/h1-5H. The highest BCUT2D eigenvalue weighted by atomic mass is 79.9. The van der Waals surface area contributed by atoms with E-state index in [0.29, 0.717) is 5.56 Å². The van der Waals surface area contributed by atoms with Crippen LogP contribution >= 0.6 is 47.8 Å². The minimum atomic E-state index is 0.639. The summed E-state index contributed by atoms with van der Waals surface area (Å²) in [7, 11) is 0. The highest BCUT2D eigenvalue weighted by molar-refractivity contribution is 9.11. The molecule has 0 fully saturated rings. The van der Waals surface area contributed by atoms with Gasteiger partial charge in [-0.1, -0.05) is 22.0 Å². The first kappa shape index (κ1) is 11.3. The number of aldehydes is 1. The van der Waals surface area contributed by atoms with E-state index in [1.165, 1.54) is 0 Å². The molecule has 0 N–H and O–H groups in total. The van der Waals surface area contributed by atoms with Crippen molar-refractivity contribution in [3.63, 3.8) is 0 Å². The SMILES string of the molecule is O=Cc1c(Br)cc2ccc(Br)cc2c1Br. The highest BCUT2D eigenvalue weighted by Crippen LogP contribution is 2.33. The summed E-state index contributed by atoms with van der Waals surface area (Å²) >= 11 is 10.2. The number of carbonyl (C=O) groups is 1. The number of halogens is 3. The third-order valence-electron chi connectivity index (χ3n) is 2.15. The molecule has 2 aromatic carbocycles. The molecule has 1 nitrogen and oxygen atoms in total. The van der Waals surface area contributed by atoms with Crippen LogP contribution in [0.3, 0.4) is 0 Å².